The van der Waals surface area contributed by atoms with E-state index in [0.29, 0.717) is 0 Å². The molecular weight excluding hydrogens is 158 g/mol. The van der Waals surface area contributed by atoms with E-state index in [2.05, 4.69) is 4.98 Å². The second kappa shape index (κ2) is 2.88. The number of hydrogen-bond acceptors (Lipinski definition) is 3. The van der Waals surface area contributed by atoms with Crippen LogP contribution in [0.25, 0.3) is 0 Å². The maximum atomic E-state index is 5.19. The van der Waals surface area contributed by atoms with Gasteiger partial charge in [0.25, 0.3) is 0 Å². The summed E-state index contributed by atoms with van der Waals surface area (Å²) in [6.07, 6.45) is 4.42. The van der Waals surface area contributed by atoms with Crippen molar-refractivity contribution in [2.75, 3.05) is 0 Å². The summed E-state index contributed by atoms with van der Waals surface area (Å²) in [4.78, 5) is 5.22. The summed E-state index contributed by atoms with van der Waals surface area (Å²) in [5.41, 5.74) is 1.83. The summed E-state index contributed by atoms with van der Waals surface area (Å²) >= 11 is 1.65. The van der Waals surface area contributed by atoms with E-state index in [0.717, 1.165) is 12.2 Å². The summed E-state index contributed by atoms with van der Waals surface area (Å²) in [7, 11) is 0. The first-order valence-corrected chi connectivity index (χ1v) is 4.23. The molecule has 0 aliphatic carbocycles. The third-order valence-electron chi connectivity index (χ3n) is 1.41. The van der Waals surface area contributed by atoms with Gasteiger partial charge in [-0.3, -0.25) is 4.98 Å². The first-order valence-electron chi connectivity index (χ1n) is 3.35. The van der Waals surface area contributed by atoms with Crippen molar-refractivity contribution in [3.63, 3.8) is 0 Å². The molecule has 0 bridgehead atoms. The van der Waals surface area contributed by atoms with Crippen molar-refractivity contribution < 1.29 is 4.42 Å². The van der Waals surface area contributed by atoms with E-state index in [1.165, 1.54) is 4.88 Å². The molecule has 0 saturated heterocycles. The average Bonchev–Trinajstić information content (AvgIpc) is 2.60. The Morgan fingerprint density at radius 1 is 1.55 bits per heavy atom. The van der Waals surface area contributed by atoms with Crippen molar-refractivity contribution in [2.24, 2.45) is 0 Å². The highest BCUT2D eigenvalue weighted by Crippen LogP contribution is 2.12. The molecule has 0 atom stereocenters. The highest BCUT2D eigenvalue weighted by atomic mass is 32.1. The minimum absolute atomic E-state index is 0.859. The van der Waals surface area contributed by atoms with Crippen LogP contribution in [0.1, 0.15) is 10.6 Å². The van der Waals surface area contributed by atoms with Gasteiger partial charge in [0.05, 0.1) is 11.8 Å². The molecule has 11 heavy (non-hydrogen) atoms. The lowest BCUT2D eigenvalue weighted by Gasteiger charge is -1.88. The first-order chi connectivity index (χ1) is 5.45. The fourth-order valence-electron chi connectivity index (χ4n) is 0.914. The monoisotopic (exact) mass is 165 g/mol. The van der Waals surface area contributed by atoms with E-state index in [1.54, 1.807) is 17.6 Å². The molecule has 3 heteroatoms. The van der Waals surface area contributed by atoms with E-state index >= 15 is 0 Å². The van der Waals surface area contributed by atoms with Gasteiger partial charge in [-0.1, -0.05) is 0 Å². The number of thiazole rings is 1. The van der Waals surface area contributed by atoms with Crippen molar-refractivity contribution >= 4 is 11.3 Å². The molecule has 0 saturated carbocycles. The molecular formula is C8H7NOS. The first kappa shape index (κ1) is 6.61. The highest BCUT2D eigenvalue weighted by molar-refractivity contribution is 7.09. The quantitative estimate of drug-likeness (QED) is 0.682. The highest BCUT2D eigenvalue weighted by Gasteiger charge is 1.98. The molecule has 0 aliphatic rings. The number of hydrogen-bond donors (Lipinski definition) is 0. The Bertz CT molecular complexity index is 266. The van der Waals surface area contributed by atoms with Crippen LogP contribution in [0, 0.1) is 0 Å². The van der Waals surface area contributed by atoms with E-state index in [4.69, 9.17) is 4.42 Å². The van der Waals surface area contributed by atoms with Gasteiger partial charge in [0.1, 0.15) is 5.76 Å². The largest absolute Gasteiger partial charge is 0.469 e. The van der Waals surface area contributed by atoms with Crippen LogP contribution in [-0.2, 0) is 6.42 Å². The smallest absolute Gasteiger partial charge is 0.109 e. The van der Waals surface area contributed by atoms with Crippen LogP contribution >= 0.6 is 11.3 Å². The van der Waals surface area contributed by atoms with Crippen LogP contribution in [0.2, 0.25) is 0 Å². The van der Waals surface area contributed by atoms with Crippen LogP contribution in [0.3, 0.4) is 0 Å². The van der Waals surface area contributed by atoms with Crippen LogP contribution in [0.5, 0.6) is 0 Å². The average molecular weight is 165 g/mol. The predicted molar refractivity (Wildman–Crippen MR) is 43.6 cm³/mol. The zero-order valence-corrected chi connectivity index (χ0v) is 6.67. The Morgan fingerprint density at radius 2 is 2.55 bits per heavy atom. The second-order valence-corrected chi connectivity index (χ2v) is 3.19. The van der Waals surface area contributed by atoms with Gasteiger partial charge in [-0.2, -0.15) is 0 Å². The standard InChI is InChI=1S/C8H7NOS/c1-2-7(10-3-1)4-8-5-9-6-11-8/h1-3,5-6H,4H2. The zero-order chi connectivity index (χ0) is 7.52. The Hall–Kier alpha value is -1.09. The molecule has 2 aromatic heterocycles. The third-order valence-corrected chi connectivity index (χ3v) is 2.19. The van der Waals surface area contributed by atoms with Crippen molar-refractivity contribution in [2.45, 2.75) is 6.42 Å². The molecule has 0 aliphatic heterocycles. The molecule has 0 unspecified atom stereocenters. The molecule has 2 heterocycles. The molecule has 0 spiro atoms. The third kappa shape index (κ3) is 1.49. The van der Waals surface area contributed by atoms with Gasteiger partial charge < -0.3 is 4.42 Å². The fourth-order valence-corrected chi connectivity index (χ4v) is 1.52. The van der Waals surface area contributed by atoms with Crippen LogP contribution in [-0.4, -0.2) is 4.98 Å². The van der Waals surface area contributed by atoms with Gasteiger partial charge in [-0.25, -0.2) is 0 Å². The molecule has 0 amide bonds. The number of rotatable bonds is 2. The van der Waals surface area contributed by atoms with E-state index in [-0.39, 0.29) is 0 Å². The molecule has 56 valence electrons. The van der Waals surface area contributed by atoms with Gasteiger partial charge in [0, 0.05) is 17.5 Å². The van der Waals surface area contributed by atoms with Gasteiger partial charge in [0.2, 0.25) is 0 Å². The summed E-state index contributed by atoms with van der Waals surface area (Å²) in [6, 6.07) is 3.87. The molecule has 0 fully saturated rings. The Labute approximate surface area is 68.5 Å². The Morgan fingerprint density at radius 3 is 3.18 bits per heavy atom. The van der Waals surface area contributed by atoms with Crippen LogP contribution in [0.15, 0.2) is 34.5 Å². The van der Waals surface area contributed by atoms with Gasteiger partial charge in [-0.15, -0.1) is 11.3 Å². The van der Waals surface area contributed by atoms with Crippen molar-refractivity contribution in [1.29, 1.82) is 0 Å². The topological polar surface area (TPSA) is 26.0 Å². The molecule has 2 aromatic rings. The molecule has 0 N–H and O–H groups in total. The lowest BCUT2D eigenvalue weighted by atomic mass is 10.3. The van der Waals surface area contributed by atoms with Crippen molar-refractivity contribution in [3.05, 3.63) is 40.7 Å². The predicted octanol–water partition coefficient (Wildman–Crippen LogP) is 2.33. The van der Waals surface area contributed by atoms with Crippen LogP contribution in [0.4, 0.5) is 0 Å². The van der Waals surface area contributed by atoms with Crippen LogP contribution < -0.4 is 0 Å². The van der Waals surface area contributed by atoms with Crippen molar-refractivity contribution in [3.8, 4) is 0 Å². The summed E-state index contributed by atoms with van der Waals surface area (Å²) in [5.74, 6) is 0.995. The van der Waals surface area contributed by atoms with E-state index < -0.39 is 0 Å². The maximum absolute atomic E-state index is 5.19. The minimum Gasteiger partial charge on any atom is -0.469 e. The molecule has 0 radical (unpaired) electrons. The maximum Gasteiger partial charge on any atom is 0.109 e. The van der Waals surface area contributed by atoms with E-state index in [1.807, 2.05) is 23.8 Å². The zero-order valence-electron chi connectivity index (χ0n) is 5.86. The summed E-state index contributed by atoms with van der Waals surface area (Å²) < 4.78 is 5.19. The minimum atomic E-state index is 0.859. The summed E-state index contributed by atoms with van der Waals surface area (Å²) in [5, 5.41) is 0. The van der Waals surface area contributed by atoms with Gasteiger partial charge in [-0.05, 0) is 12.1 Å². The summed E-state index contributed by atoms with van der Waals surface area (Å²) in [6.45, 7) is 0. The van der Waals surface area contributed by atoms with Crippen molar-refractivity contribution in [1.82, 2.24) is 4.98 Å². The fraction of sp³-hybridized carbons (Fsp3) is 0.125. The lowest BCUT2D eigenvalue weighted by Crippen LogP contribution is -1.78. The molecule has 2 nitrogen and oxygen atoms in total. The molecule has 0 aromatic carbocycles. The Kier molecular flexibility index (Phi) is 1.73. The lowest BCUT2D eigenvalue weighted by molar-refractivity contribution is 0.522. The van der Waals surface area contributed by atoms with Gasteiger partial charge >= 0.3 is 0 Å². The number of nitrogens with zero attached hydrogens (tertiary/aromatic N) is 1. The SMILES string of the molecule is c1coc(Cc2cncs2)c1. The molecule has 2 rings (SSSR count). The van der Waals surface area contributed by atoms with Gasteiger partial charge in [0.15, 0.2) is 0 Å². The second-order valence-electron chi connectivity index (χ2n) is 2.22. The number of aromatic nitrogens is 1. The number of furan rings is 1. The normalized spacial score (nSPS) is 10.2. The Balaban J connectivity index is 2.14. The van der Waals surface area contributed by atoms with E-state index in [9.17, 15) is 0 Å².